The summed E-state index contributed by atoms with van der Waals surface area (Å²) in [6, 6.07) is 35.8. The summed E-state index contributed by atoms with van der Waals surface area (Å²) in [6.45, 7) is 2.22. The van der Waals surface area contributed by atoms with Crippen LogP contribution in [0.5, 0.6) is 5.75 Å². The van der Waals surface area contributed by atoms with Crippen molar-refractivity contribution in [2.24, 2.45) is 0 Å². The second-order valence-corrected chi connectivity index (χ2v) is 12.5. The average Bonchev–Trinajstić information content (AvgIpc) is 3.28. The Kier molecular flexibility index (Phi) is 7.50. The standard InChI is InChI=1S/C33H26O6P2S/c1-22-19-24(42-2)20-23(21-34-40-35-29-15-7-3-11-25(29)26-12-4-8-16-30(26)36-40)33(22)39-41-37-31-17-9-5-13-27(31)28-14-6-10-18-32(28)38-41/h3-20H,21H2,1-2H3. The molecule has 6 nitrogen and oxygen atoms in total. The first-order valence-corrected chi connectivity index (χ1v) is 16.8. The van der Waals surface area contributed by atoms with E-state index in [1.54, 1.807) is 11.8 Å². The molecule has 0 spiro atoms. The van der Waals surface area contributed by atoms with Crippen LogP contribution < -0.4 is 9.05 Å². The number of thioether (sulfide) groups is 1. The fraction of sp³-hybridized carbons (Fsp3) is 0.0909. The molecule has 0 aliphatic rings. The third kappa shape index (κ3) is 5.33. The molecule has 0 radical (unpaired) electrons. The number of hydrogen-bond acceptors (Lipinski definition) is 7. The fourth-order valence-electron chi connectivity index (χ4n) is 4.89. The second-order valence-electron chi connectivity index (χ2n) is 9.59. The van der Waals surface area contributed by atoms with Gasteiger partial charge in [0, 0.05) is 32.0 Å². The highest BCUT2D eigenvalue weighted by atomic mass is 32.2. The summed E-state index contributed by atoms with van der Waals surface area (Å²) < 4.78 is 38.1. The molecule has 42 heavy (non-hydrogen) atoms. The first-order chi connectivity index (χ1) is 20.7. The summed E-state index contributed by atoms with van der Waals surface area (Å²) in [6.07, 6.45) is 2.05. The van der Waals surface area contributed by atoms with E-state index in [4.69, 9.17) is 25.8 Å². The minimum atomic E-state index is -1.81. The van der Waals surface area contributed by atoms with Crippen molar-refractivity contribution in [2.45, 2.75) is 18.4 Å². The maximum absolute atomic E-state index is 6.54. The van der Waals surface area contributed by atoms with Gasteiger partial charge in [-0.3, -0.25) is 4.52 Å². The third-order valence-corrected chi connectivity index (χ3v) is 9.63. The predicted molar refractivity (Wildman–Crippen MR) is 172 cm³/mol. The molecule has 0 aliphatic carbocycles. The molecule has 7 rings (SSSR count). The van der Waals surface area contributed by atoms with Crippen molar-refractivity contribution in [3.8, 4) is 5.75 Å². The minimum Gasteiger partial charge on any atom is -0.399 e. The van der Waals surface area contributed by atoms with E-state index in [1.807, 2.05) is 110 Å². The number of fused-ring (bicyclic) bond motifs is 6. The summed E-state index contributed by atoms with van der Waals surface area (Å²) in [7, 11) is -3.56. The Bertz CT molecular complexity index is 2040. The fourth-order valence-corrected chi connectivity index (χ4v) is 7.63. The van der Waals surface area contributed by atoms with Crippen molar-refractivity contribution in [3.05, 3.63) is 120 Å². The van der Waals surface area contributed by atoms with Crippen LogP contribution >= 0.6 is 28.2 Å². The lowest BCUT2D eigenvalue weighted by atomic mass is 10.1. The van der Waals surface area contributed by atoms with Crippen molar-refractivity contribution in [1.29, 1.82) is 0 Å². The molecule has 2 heterocycles. The van der Waals surface area contributed by atoms with Crippen LogP contribution in [0.15, 0.2) is 131 Å². The molecular weight excluding hydrogens is 586 g/mol. The highest BCUT2D eigenvalue weighted by Gasteiger charge is 2.17. The molecule has 5 aromatic carbocycles. The summed E-state index contributed by atoms with van der Waals surface area (Å²) in [4.78, 5) is 1.09. The molecule has 0 unspecified atom stereocenters. The Hall–Kier alpha value is -3.99. The van der Waals surface area contributed by atoms with E-state index in [2.05, 4.69) is 12.1 Å². The van der Waals surface area contributed by atoms with Crippen molar-refractivity contribution >= 4 is 72.1 Å². The maximum Gasteiger partial charge on any atom is 0.453 e. The summed E-state index contributed by atoms with van der Waals surface area (Å²) in [5.41, 5.74) is 4.67. The van der Waals surface area contributed by atoms with Gasteiger partial charge in [-0.15, -0.1) is 11.8 Å². The van der Waals surface area contributed by atoms with Crippen molar-refractivity contribution in [3.63, 3.8) is 0 Å². The number of hydrogen-bond donors (Lipinski definition) is 0. The normalized spacial score (nSPS) is 11.4. The van der Waals surface area contributed by atoms with Crippen LogP contribution in [0.2, 0.25) is 0 Å². The lowest BCUT2D eigenvalue weighted by molar-refractivity contribution is 0.358. The number of aryl methyl sites for hydroxylation is 1. The zero-order valence-corrected chi connectivity index (χ0v) is 25.5. The predicted octanol–water partition coefficient (Wildman–Crippen LogP) is 11.4. The Morgan fingerprint density at radius 1 is 0.595 bits per heavy atom. The molecular formula is C33H26O6P2S. The van der Waals surface area contributed by atoms with Crippen molar-refractivity contribution < 1.29 is 25.8 Å². The monoisotopic (exact) mass is 612 g/mol. The van der Waals surface area contributed by atoms with Gasteiger partial charge in [-0.1, -0.05) is 72.8 Å². The van der Waals surface area contributed by atoms with Gasteiger partial charge in [-0.2, -0.15) is 0 Å². The smallest absolute Gasteiger partial charge is 0.399 e. The summed E-state index contributed by atoms with van der Waals surface area (Å²) in [5, 5.41) is 3.87. The van der Waals surface area contributed by atoms with Crippen molar-refractivity contribution in [2.75, 3.05) is 6.26 Å². The Balaban J connectivity index is 1.31. The molecule has 9 heteroatoms. The van der Waals surface area contributed by atoms with Gasteiger partial charge in [0.05, 0.1) is 6.61 Å². The molecule has 7 aromatic rings. The Labute approximate surface area is 248 Å². The lowest BCUT2D eigenvalue weighted by Crippen LogP contribution is -1.98. The SMILES string of the molecule is CSc1cc(C)c(Op2oc3ccccc3c3ccccc3o2)c(COp2oc3ccccc3c3ccccc3o2)c1. The van der Waals surface area contributed by atoms with Crippen LogP contribution in [0.1, 0.15) is 11.1 Å². The molecule has 0 fully saturated rings. The minimum absolute atomic E-state index is 0.205. The second kappa shape index (κ2) is 11.7. The Morgan fingerprint density at radius 3 is 1.48 bits per heavy atom. The molecule has 0 saturated carbocycles. The molecule has 2 aromatic heterocycles. The van der Waals surface area contributed by atoms with Gasteiger partial charge >= 0.3 is 16.5 Å². The van der Waals surface area contributed by atoms with E-state index >= 15 is 0 Å². The van der Waals surface area contributed by atoms with E-state index in [0.29, 0.717) is 16.9 Å². The molecule has 0 aliphatic heterocycles. The molecule has 0 N–H and O–H groups in total. The number of rotatable bonds is 6. The first kappa shape index (κ1) is 26.9. The van der Waals surface area contributed by atoms with Crippen LogP contribution in [-0.2, 0) is 6.61 Å². The van der Waals surface area contributed by atoms with Crippen LogP contribution in [-0.4, -0.2) is 6.26 Å². The lowest BCUT2D eigenvalue weighted by Gasteiger charge is -2.13. The maximum atomic E-state index is 6.54. The largest absolute Gasteiger partial charge is 0.453 e. The Morgan fingerprint density at radius 2 is 1.02 bits per heavy atom. The van der Waals surface area contributed by atoms with Gasteiger partial charge in [-0.05, 0) is 55.1 Å². The topological polar surface area (TPSA) is 71.0 Å². The van der Waals surface area contributed by atoms with E-state index < -0.39 is 16.5 Å². The third-order valence-electron chi connectivity index (χ3n) is 6.87. The zero-order chi connectivity index (χ0) is 28.5. The number of para-hydroxylation sites is 4. The van der Waals surface area contributed by atoms with E-state index in [0.717, 1.165) is 48.7 Å². The van der Waals surface area contributed by atoms with E-state index in [-0.39, 0.29) is 6.61 Å². The molecule has 210 valence electrons. The van der Waals surface area contributed by atoms with E-state index in [9.17, 15) is 0 Å². The van der Waals surface area contributed by atoms with Crippen LogP contribution in [0, 0.1) is 6.92 Å². The summed E-state index contributed by atoms with van der Waals surface area (Å²) >= 11 is 1.66. The van der Waals surface area contributed by atoms with Crippen LogP contribution in [0.4, 0.5) is 0 Å². The first-order valence-electron chi connectivity index (χ1n) is 13.3. The highest BCUT2D eigenvalue weighted by molar-refractivity contribution is 7.98. The number of benzene rings is 5. The van der Waals surface area contributed by atoms with Gasteiger partial charge < -0.3 is 21.3 Å². The van der Waals surface area contributed by atoms with Crippen LogP contribution in [0.25, 0.3) is 43.9 Å². The zero-order valence-electron chi connectivity index (χ0n) is 22.9. The van der Waals surface area contributed by atoms with Gasteiger partial charge in [0.25, 0.3) is 0 Å². The summed E-state index contributed by atoms with van der Waals surface area (Å²) in [5.74, 6) is 0.654. The quantitative estimate of drug-likeness (QED) is 0.173. The van der Waals surface area contributed by atoms with Gasteiger partial charge in [-0.25, -0.2) is 0 Å². The van der Waals surface area contributed by atoms with Gasteiger partial charge in [0.2, 0.25) is 0 Å². The van der Waals surface area contributed by atoms with Crippen LogP contribution in [0.3, 0.4) is 0 Å². The van der Waals surface area contributed by atoms with Gasteiger partial charge in [0.15, 0.2) is 0 Å². The van der Waals surface area contributed by atoms with E-state index in [1.165, 1.54) is 0 Å². The molecule has 0 bridgehead atoms. The molecule has 0 saturated heterocycles. The van der Waals surface area contributed by atoms with Crippen molar-refractivity contribution in [1.82, 2.24) is 0 Å². The highest BCUT2D eigenvalue weighted by Crippen LogP contribution is 2.41. The van der Waals surface area contributed by atoms with Gasteiger partial charge in [0.1, 0.15) is 28.1 Å². The average molecular weight is 613 g/mol. The molecule has 0 amide bonds. The molecule has 0 atom stereocenters.